The van der Waals surface area contributed by atoms with Gasteiger partial charge >= 0.3 is 0 Å². The molecule has 0 bridgehead atoms. The predicted molar refractivity (Wildman–Crippen MR) is 107 cm³/mol. The SMILES string of the molecule is CN(C)CCCN1C(=O)c2oc3ccc(F)cc3c(=O)c2[C@@H]1c1cccc(O)c1. The normalized spacial score (nSPS) is 16.1. The smallest absolute Gasteiger partial charge is 0.290 e. The molecule has 0 saturated heterocycles. The minimum Gasteiger partial charge on any atom is -0.508 e. The molecule has 1 atom stereocenters. The van der Waals surface area contributed by atoms with Gasteiger partial charge in [0.25, 0.3) is 5.91 Å². The van der Waals surface area contributed by atoms with Crippen molar-refractivity contribution in [2.24, 2.45) is 0 Å². The maximum Gasteiger partial charge on any atom is 0.290 e. The average Bonchev–Trinajstić information content (AvgIpc) is 2.95. The fourth-order valence-corrected chi connectivity index (χ4v) is 3.82. The molecule has 29 heavy (non-hydrogen) atoms. The van der Waals surface area contributed by atoms with Gasteiger partial charge in [0.1, 0.15) is 17.1 Å². The van der Waals surface area contributed by atoms with Gasteiger partial charge < -0.3 is 19.3 Å². The number of carbonyl (C=O) groups is 1. The van der Waals surface area contributed by atoms with Crippen molar-refractivity contribution >= 4 is 16.9 Å². The zero-order valence-corrected chi connectivity index (χ0v) is 16.2. The second-order valence-electron chi connectivity index (χ2n) is 7.47. The first-order valence-electron chi connectivity index (χ1n) is 9.37. The van der Waals surface area contributed by atoms with Crippen LogP contribution in [-0.4, -0.2) is 48.0 Å². The molecule has 0 fully saturated rings. The highest BCUT2D eigenvalue weighted by molar-refractivity contribution is 5.99. The van der Waals surface area contributed by atoms with Crippen molar-refractivity contribution in [1.29, 1.82) is 0 Å². The summed E-state index contributed by atoms with van der Waals surface area (Å²) < 4.78 is 19.5. The van der Waals surface area contributed by atoms with E-state index in [0.29, 0.717) is 18.5 Å². The molecule has 0 saturated carbocycles. The lowest BCUT2D eigenvalue weighted by Gasteiger charge is -2.25. The molecule has 0 radical (unpaired) electrons. The summed E-state index contributed by atoms with van der Waals surface area (Å²) in [5.41, 5.74) is 0.527. The van der Waals surface area contributed by atoms with Crippen molar-refractivity contribution in [1.82, 2.24) is 9.80 Å². The minimum atomic E-state index is -0.698. The molecule has 0 spiro atoms. The zero-order valence-electron chi connectivity index (χ0n) is 16.2. The van der Waals surface area contributed by atoms with Crippen LogP contribution in [-0.2, 0) is 0 Å². The van der Waals surface area contributed by atoms with Crippen LogP contribution < -0.4 is 5.43 Å². The molecule has 150 valence electrons. The van der Waals surface area contributed by atoms with Crippen molar-refractivity contribution in [3.05, 3.63) is 75.4 Å². The Morgan fingerprint density at radius 3 is 2.69 bits per heavy atom. The van der Waals surface area contributed by atoms with Crippen molar-refractivity contribution in [3.8, 4) is 5.75 Å². The first kappa shape index (κ1) is 19.1. The van der Waals surface area contributed by atoms with E-state index in [2.05, 4.69) is 0 Å². The van der Waals surface area contributed by atoms with Crippen LogP contribution in [0.5, 0.6) is 5.75 Å². The third-order valence-electron chi connectivity index (χ3n) is 5.12. The van der Waals surface area contributed by atoms with E-state index in [1.54, 1.807) is 17.0 Å². The van der Waals surface area contributed by atoms with Gasteiger partial charge in [-0.25, -0.2) is 4.39 Å². The van der Waals surface area contributed by atoms with Gasteiger partial charge in [-0.05, 0) is 63.0 Å². The van der Waals surface area contributed by atoms with Gasteiger partial charge in [0.15, 0.2) is 5.43 Å². The average molecular weight is 396 g/mol. The van der Waals surface area contributed by atoms with Gasteiger partial charge in [0.05, 0.1) is 17.0 Å². The summed E-state index contributed by atoms with van der Waals surface area (Å²) in [6, 6.07) is 9.44. The molecule has 6 nitrogen and oxygen atoms in total. The maximum atomic E-state index is 13.7. The first-order chi connectivity index (χ1) is 13.9. The summed E-state index contributed by atoms with van der Waals surface area (Å²) >= 11 is 0. The lowest BCUT2D eigenvalue weighted by Crippen LogP contribution is -2.32. The number of hydrogen-bond donors (Lipinski definition) is 1. The molecule has 1 aromatic heterocycles. The Morgan fingerprint density at radius 1 is 1.17 bits per heavy atom. The second-order valence-corrected chi connectivity index (χ2v) is 7.47. The highest BCUT2D eigenvalue weighted by atomic mass is 19.1. The Morgan fingerprint density at radius 2 is 1.97 bits per heavy atom. The monoisotopic (exact) mass is 396 g/mol. The number of fused-ring (bicyclic) bond motifs is 2. The molecular formula is C22H21FN2O4. The number of hydrogen-bond acceptors (Lipinski definition) is 5. The maximum absolute atomic E-state index is 13.7. The quantitative estimate of drug-likeness (QED) is 0.717. The summed E-state index contributed by atoms with van der Waals surface area (Å²) in [6.07, 6.45) is 0.699. The molecule has 0 aliphatic carbocycles. The standard InChI is InChI=1S/C22H21FN2O4/c1-24(2)9-4-10-25-19(13-5-3-6-15(26)11-13)18-20(27)16-12-14(23)7-8-17(16)29-21(18)22(25)28/h3,5-8,11-12,19,26H,4,9-10H2,1-2H3/t19-/m0/s1. The molecule has 3 aromatic rings. The molecule has 7 heteroatoms. The Bertz CT molecular complexity index is 1160. The van der Waals surface area contributed by atoms with Gasteiger partial charge in [0, 0.05) is 6.54 Å². The second kappa shape index (κ2) is 7.33. The van der Waals surface area contributed by atoms with E-state index in [9.17, 15) is 19.1 Å². The predicted octanol–water partition coefficient (Wildman–Crippen LogP) is 3.13. The number of phenols is 1. The third-order valence-corrected chi connectivity index (χ3v) is 5.12. The number of nitrogens with zero attached hydrogens (tertiary/aromatic N) is 2. The number of amides is 1. The van der Waals surface area contributed by atoms with E-state index in [0.717, 1.165) is 12.6 Å². The fraction of sp³-hybridized carbons (Fsp3) is 0.273. The van der Waals surface area contributed by atoms with Gasteiger partial charge in [-0.15, -0.1) is 0 Å². The lowest BCUT2D eigenvalue weighted by molar-refractivity contribution is 0.0722. The van der Waals surface area contributed by atoms with Gasteiger partial charge in [-0.3, -0.25) is 9.59 Å². The first-order valence-corrected chi connectivity index (χ1v) is 9.37. The summed E-state index contributed by atoms with van der Waals surface area (Å²) in [6.45, 7) is 1.17. The van der Waals surface area contributed by atoms with Crippen molar-refractivity contribution < 1.29 is 18.7 Å². The number of benzene rings is 2. The molecule has 1 amide bonds. The molecule has 4 rings (SSSR count). The highest BCUT2D eigenvalue weighted by Gasteiger charge is 2.42. The molecule has 1 aliphatic heterocycles. The Balaban J connectivity index is 1.89. The number of rotatable bonds is 5. The van der Waals surface area contributed by atoms with Crippen LogP contribution in [0.2, 0.25) is 0 Å². The minimum absolute atomic E-state index is 0.0210. The van der Waals surface area contributed by atoms with Crippen molar-refractivity contribution in [3.63, 3.8) is 0 Å². The Hall–Kier alpha value is -3.19. The molecule has 2 heterocycles. The van der Waals surface area contributed by atoms with Crippen molar-refractivity contribution in [2.45, 2.75) is 12.5 Å². The van der Waals surface area contributed by atoms with E-state index in [1.165, 1.54) is 24.3 Å². The van der Waals surface area contributed by atoms with Crippen LogP contribution in [0.3, 0.4) is 0 Å². The number of phenolic OH excluding ortho intramolecular Hbond substituents is 1. The van der Waals surface area contributed by atoms with Crippen LogP contribution in [0.4, 0.5) is 4.39 Å². The molecular weight excluding hydrogens is 375 g/mol. The molecule has 1 aliphatic rings. The topological polar surface area (TPSA) is 74.0 Å². The molecule has 1 N–H and O–H groups in total. The highest BCUT2D eigenvalue weighted by Crippen LogP contribution is 2.39. The summed E-state index contributed by atoms with van der Waals surface area (Å²) in [4.78, 5) is 30.0. The lowest BCUT2D eigenvalue weighted by atomic mass is 9.98. The van der Waals surface area contributed by atoms with E-state index < -0.39 is 17.3 Å². The Kier molecular flexibility index (Phi) is 4.84. The van der Waals surface area contributed by atoms with Crippen LogP contribution in [0.15, 0.2) is 51.7 Å². The van der Waals surface area contributed by atoms with Gasteiger partial charge in [-0.2, -0.15) is 0 Å². The van der Waals surface area contributed by atoms with E-state index in [1.807, 2.05) is 19.0 Å². The van der Waals surface area contributed by atoms with Crippen LogP contribution in [0.25, 0.3) is 11.0 Å². The number of halogens is 1. The number of carbonyl (C=O) groups excluding carboxylic acids is 1. The van der Waals surface area contributed by atoms with Gasteiger partial charge in [-0.1, -0.05) is 12.1 Å². The molecule has 0 unspecified atom stereocenters. The zero-order chi connectivity index (χ0) is 20.7. The van der Waals surface area contributed by atoms with Gasteiger partial charge in [0.2, 0.25) is 5.76 Å². The van der Waals surface area contributed by atoms with Crippen LogP contribution in [0, 0.1) is 5.82 Å². The summed E-state index contributed by atoms with van der Waals surface area (Å²) in [5, 5.41) is 10.0. The number of aromatic hydroxyl groups is 1. The molecule has 2 aromatic carbocycles. The summed E-state index contributed by atoms with van der Waals surface area (Å²) in [5.74, 6) is -0.915. The fourth-order valence-electron chi connectivity index (χ4n) is 3.82. The largest absolute Gasteiger partial charge is 0.508 e. The van der Waals surface area contributed by atoms with Crippen LogP contribution >= 0.6 is 0 Å². The van der Waals surface area contributed by atoms with Crippen LogP contribution in [0.1, 0.15) is 34.1 Å². The summed E-state index contributed by atoms with van der Waals surface area (Å²) in [7, 11) is 3.89. The van der Waals surface area contributed by atoms with E-state index >= 15 is 0 Å². The van der Waals surface area contributed by atoms with E-state index in [4.69, 9.17) is 4.42 Å². The Labute approximate surface area is 166 Å². The third kappa shape index (κ3) is 3.38. The van der Waals surface area contributed by atoms with Crippen molar-refractivity contribution in [2.75, 3.05) is 27.2 Å². The van der Waals surface area contributed by atoms with E-state index in [-0.39, 0.29) is 33.9 Å².